The first kappa shape index (κ1) is 11.8. The van der Waals surface area contributed by atoms with Crippen molar-refractivity contribution in [1.29, 1.82) is 0 Å². The maximum Gasteiger partial charge on any atom is 0.310 e. The Morgan fingerprint density at radius 2 is 2.08 bits per heavy atom. The fourth-order valence-corrected chi connectivity index (χ4v) is 1.84. The normalized spacial score (nSPS) is 13.1. The second-order valence-corrected chi connectivity index (χ2v) is 3.97. The Morgan fingerprint density at radius 3 is 2.42 bits per heavy atom. The molecule has 0 rings (SSSR count). The van der Waals surface area contributed by atoms with Gasteiger partial charge in [-0.1, -0.05) is 13.8 Å². The Kier molecular flexibility index (Phi) is 6.25. The summed E-state index contributed by atoms with van der Waals surface area (Å²) >= 11 is 1.69. The number of rotatable bonds is 5. The van der Waals surface area contributed by atoms with E-state index in [1.807, 2.05) is 13.2 Å². The van der Waals surface area contributed by atoms with Crippen molar-refractivity contribution >= 4 is 17.7 Å². The summed E-state index contributed by atoms with van der Waals surface area (Å²) in [5.74, 6) is 1.23. The number of thioether (sulfide) groups is 1. The molecule has 3 heteroatoms. The van der Waals surface area contributed by atoms with Gasteiger partial charge in [0.05, 0.1) is 12.5 Å². The number of hydrogen-bond acceptors (Lipinski definition) is 3. The number of ether oxygens (including phenoxy) is 1. The predicted octanol–water partition coefficient (Wildman–Crippen LogP) is 2.18. The zero-order valence-corrected chi connectivity index (χ0v) is 9.11. The molecule has 1 unspecified atom stereocenters. The number of carbonyl (C=O) groups is 1. The van der Waals surface area contributed by atoms with Crippen molar-refractivity contribution in [3.63, 3.8) is 0 Å². The first-order chi connectivity index (χ1) is 5.63. The maximum atomic E-state index is 11.3. The third kappa shape index (κ3) is 4.00. The van der Waals surface area contributed by atoms with Gasteiger partial charge in [-0.05, 0) is 19.1 Å². The van der Waals surface area contributed by atoms with E-state index in [4.69, 9.17) is 4.74 Å². The minimum absolute atomic E-state index is 0.0538. The van der Waals surface area contributed by atoms with Crippen LogP contribution < -0.4 is 0 Å². The molecular weight excluding hydrogens is 172 g/mol. The lowest BCUT2D eigenvalue weighted by Gasteiger charge is -2.17. The molecule has 2 nitrogen and oxygen atoms in total. The largest absolute Gasteiger partial charge is 0.466 e. The van der Waals surface area contributed by atoms with E-state index in [1.165, 1.54) is 0 Å². The second-order valence-electron chi connectivity index (χ2n) is 3.06. The van der Waals surface area contributed by atoms with Crippen LogP contribution in [0.5, 0.6) is 0 Å². The van der Waals surface area contributed by atoms with E-state index in [-0.39, 0.29) is 11.9 Å². The summed E-state index contributed by atoms with van der Waals surface area (Å²) in [7, 11) is 0. The van der Waals surface area contributed by atoms with Gasteiger partial charge in [0.2, 0.25) is 0 Å². The monoisotopic (exact) mass is 190 g/mol. The quantitative estimate of drug-likeness (QED) is 0.622. The molecule has 0 bridgehead atoms. The lowest BCUT2D eigenvalue weighted by molar-refractivity contribution is -0.148. The van der Waals surface area contributed by atoms with E-state index < -0.39 is 0 Å². The highest BCUT2D eigenvalue weighted by Gasteiger charge is 2.22. The van der Waals surface area contributed by atoms with Crippen molar-refractivity contribution in [2.75, 3.05) is 18.6 Å². The van der Waals surface area contributed by atoms with Crippen molar-refractivity contribution in [3.8, 4) is 0 Å². The van der Waals surface area contributed by atoms with E-state index in [0.29, 0.717) is 12.5 Å². The van der Waals surface area contributed by atoms with Gasteiger partial charge >= 0.3 is 5.97 Å². The van der Waals surface area contributed by atoms with E-state index in [1.54, 1.807) is 11.8 Å². The van der Waals surface area contributed by atoms with Crippen LogP contribution in [0.3, 0.4) is 0 Å². The summed E-state index contributed by atoms with van der Waals surface area (Å²) < 4.78 is 4.97. The van der Waals surface area contributed by atoms with Crippen molar-refractivity contribution in [2.24, 2.45) is 11.8 Å². The third-order valence-electron chi connectivity index (χ3n) is 1.74. The Hall–Kier alpha value is -0.180. The Morgan fingerprint density at radius 1 is 1.50 bits per heavy atom. The van der Waals surface area contributed by atoms with Crippen molar-refractivity contribution in [1.82, 2.24) is 0 Å². The van der Waals surface area contributed by atoms with Gasteiger partial charge in [-0.2, -0.15) is 11.8 Å². The lowest BCUT2D eigenvalue weighted by atomic mass is 9.98. The lowest BCUT2D eigenvalue weighted by Crippen LogP contribution is -2.24. The molecule has 0 aliphatic heterocycles. The smallest absolute Gasteiger partial charge is 0.310 e. The molecular formula is C9H18O2S. The van der Waals surface area contributed by atoms with Crippen LogP contribution >= 0.6 is 11.8 Å². The van der Waals surface area contributed by atoms with Gasteiger partial charge < -0.3 is 4.74 Å². The van der Waals surface area contributed by atoms with Crippen LogP contribution in [0.1, 0.15) is 20.8 Å². The molecule has 0 aliphatic carbocycles. The Balaban J connectivity index is 4.00. The SMILES string of the molecule is CCOC(=O)C(CSC)C(C)C. The minimum Gasteiger partial charge on any atom is -0.466 e. The summed E-state index contributed by atoms with van der Waals surface area (Å²) in [5, 5.41) is 0. The van der Waals surface area contributed by atoms with Crippen LogP contribution in [0, 0.1) is 11.8 Å². The molecule has 0 aromatic heterocycles. The van der Waals surface area contributed by atoms with Crippen molar-refractivity contribution in [2.45, 2.75) is 20.8 Å². The summed E-state index contributed by atoms with van der Waals surface area (Å²) in [6.07, 6.45) is 2.01. The highest BCUT2D eigenvalue weighted by molar-refractivity contribution is 7.98. The standard InChI is InChI=1S/C9H18O2S/c1-5-11-9(10)8(6-12-4)7(2)3/h7-8H,5-6H2,1-4H3. The topological polar surface area (TPSA) is 26.3 Å². The average Bonchev–Trinajstić information content (AvgIpc) is 1.99. The second kappa shape index (κ2) is 6.35. The highest BCUT2D eigenvalue weighted by atomic mass is 32.2. The van der Waals surface area contributed by atoms with Gasteiger partial charge in [-0.25, -0.2) is 0 Å². The fraction of sp³-hybridized carbons (Fsp3) is 0.889. The highest BCUT2D eigenvalue weighted by Crippen LogP contribution is 2.17. The van der Waals surface area contributed by atoms with Gasteiger partial charge in [-0.15, -0.1) is 0 Å². The van der Waals surface area contributed by atoms with Crippen molar-refractivity contribution < 1.29 is 9.53 Å². The van der Waals surface area contributed by atoms with Crippen LogP contribution in [0.2, 0.25) is 0 Å². The Labute approximate surface area is 79.1 Å². The molecule has 1 atom stereocenters. The van der Waals surface area contributed by atoms with E-state index in [2.05, 4.69) is 13.8 Å². The Bertz CT molecular complexity index is 134. The third-order valence-corrected chi connectivity index (χ3v) is 2.43. The van der Waals surface area contributed by atoms with Crippen molar-refractivity contribution in [3.05, 3.63) is 0 Å². The van der Waals surface area contributed by atoms with Crippen LogP contribution in [0.25, 0.3) is 0 Å². The molecule has 12 heavy (non-hydrogen) atoms. The molecule has 0 N–H and O–H groups in total. The molecule has 72 valence electrons. The van der Waals surface area contributed by atoms with Gasteiger partial charge in [0.1, 0.15) is 0 Å². The molecule has 0 saturated carbocycles. The first-order valence-corrected chi connectivity index (χ1v) is 5.68. The molecule has 0 aliphatic rings. The fourth-order valence-electron chi connectivity index (χ4n) is 0.962. The minimum atomic E-state index is -0.0538. The molecule has 0 saturated heterocycles. The van der Waals surface area contributed by atoms with Gasteiger partial charge in [0.25, 0.3) is 0 Å². The molecule has 0 fully saturated rings. The molecule has 0 heterocycles. The van der Waals surface area contributed by atoms with Crippen LogP contribution in [0.15, 0.2) is 0 Å². The first-order valence-electron chi connectivity index (χ1n) is 4.29. The number of hydrogen-bond donors (Lipinski definition) is 0. The summed E-state index contributed by atoms with van der Waals surface area (Å²) in [6, 6.07) is 0. The zero-order chi connectivity index (χ0) is 9.56. The zero-order valence-electron chi connectivity index (χ0n) is 8.29. The summed E-state index contributed by atoms with van der Waals surface area (Å²) in [6.45, 7) is 6.43. The van der Waals surface area contributed by atoms with Crippen LogP contribution in [0.4, 0.5) is 0 Å². The van der Waals surface area contributed by atoms with E-state index >= 15 is 0 Å². The molecule has 0 aromatic rings. The molecule has 0 spiro atoms. The van der Waals surface area contributed by atoms with E-state index in [9.17, 15) is 4.79 Å². The van der Waals surface area contributed by atoms with E-state index in [0.717, 1.165) is 5.75 Å². The molecule has 0 aromatic carbocycles. The summed E-state index contributed by atoms with van der Waals surface area (Å²) in [4.78, 5) is 11.3. The van der Waals surface area contributed by atoms with Gasteiger partial charge in [0.15, 0.2) is 0 Å². The van der Waals surface area contributed by atoms with Gasteiger partial charge in [-0.3, -0.25) is 4.79 Å². The predicted molar refractivity (Wildman–Crippen MR) is 53.3 cm³/mol. The maximum absolute atomic E-state index is 11.3. The number of carbonyl (C=O) groups excluding carboxylic acids is 1. The molecule has 0 amide bonds. The molecule has 0 radical (unpaired) electrons. The van der Waals surface area contributed by atoms with Crippen LogP contribution in [-0.4, -0.2) is 24.6 Å². The average molecular weight is 190 g/mol. The summed E-state index contributed by atoms with van der Waals surface area (Å²) in [5.41, 5.74) is 0. The van der Waals surface area contributed by atoms with Gasteiger partial charge in [0, 0.05) is 5.75 Å². The number of esters is 1. The van der Waals surface area contributed by atoms with Crippen LogP contribution in [-0.2, 0) is 9.53 Å².